The number of benzene rings is 2. The molecule has 0 bridgehead atoms. The number of aryl methyl sites for hydroxylation is 1. The summed E-state index contributed by atoms with van der Waals surface area (Å²) in [5.74, 6) is 1.52. The highest BCUT2D eigenvalue weighted by Crippen LogP contribution is 2.33. The molecular formula is C16H18O2. The Hall–Kier alpha value is -1.96. The van der Waals surface area contributed by atoms with E-state index in [2.05, 4.69) is 37.3 Å². The zero-order valence-corrected chi connectivity index (χ0v) is 11.1. The Bertz CT molecular complexity index is 532. The molecule has 0 saturated heterocycles. The van der Waals surface area contributed by atoms with Gasteiger partial charge < -0.3 is 9.47 Å². The molecule has 2 nitrogen and oxygen atoms in total. The van der Waals surface area contributed by atoms with Crippen LogP contribution < -0.4 is 9.47 Å². The summed E-state index contributed by atoms with van der Waals surface area (Å²) in [4.78, 5) is 0. The van der Waals surface area contributed by atoms with Crippen LogP contribution in [0.1, 0.15) is 12.5 Å². The van der Waals surface area contributed by atoms with Crippen molar-refractivity contribution in [2.75, 3.05) is 14.2 Å². The number of ether oxygens (including phenoxy) is 2. The van der Waals surface area contributed by atoms with Gasteiger partial charge >= 0.3 is 0 Å². The molecule has 0 unspecified atom stereocenters. The lowest BCUT2D eigenvalue weighted by Crippen LogP contribution is -1.92. The van der Waals surface area contributed by atoms with Crippen molar-refractivity contribution in [2.24, 2.45) is 0 Å². The van der Waals surface area contributed by atoms with Crippen LogP contribution in [0.25, 0.3) is 11.1 Å². The highest BCUT2D eigenvalue weighted by molar-refractivity contribution is 5.70. The van der Waals surface area contributed by atoms with E-state index in [0.717, 1.165) is 23.5 Å². The lowest BCUT2D eigenvalue weighted by atomic mass is 9.98. The molecule has 0 fully saturated rings. The first-order valence-electron chi connectivity index (χ1n) is 6.10. The highest BCUT2D eigenvalue weighted by Gasteiger charge is 2.08. The van der Waals surface area contributed by atoms with Gasteiger partial charge in [-0.3, -0.25) is 0 Å². The van der Waals surface area contributed by atoms with E-state index in [4.69, 9.17) is 9.47 Å². The number of methoxy groups -OCH3 is 2. The Morgan fingerprint density at radius 3 is 2.28 bits per heavy atom. The van der Waals surface area contributed by atoms with Gasteiger partial charge in [0.15, 0.2) is 11.5 Å². The third kappa shape index (κ3) is 2.33. The summed E-state index contributed by atoms with van der Waals surface area (Å²) in [6, 6.07) is 14.5. The van der Waals surface area contributed by atoms with Crippen LogP contribution in [0.5, 0.6) is 11.5 Å². The van der Waals surface area contributed by atoms with Gasteiger partial charge in [-0.15, -0.1) is 0 Å². The van der Waals surface area contributed by atoms with Gasteiger partial charge in [-0.25, -0.2) is 0 Å². The number of rotatable bonds is 4. The predicted molar refractivity (Wildman–Crippen MR) is 74.4 cm³/mol. The van der Waals surface area contributed by atoms with E-state index in [0.29, 0.717) is 0 Å². The summed E-state index contributed by atoms with van der Waals surface area (Å²) in [5.41, 5.74) is 3.75. The highest BCUT2D eigenvalue weighted by atomic mass is 16.5. The molecule has 2 aromatic carbocycles. The molecule has 0 aliphatic heterocycles. The standard InChI is InChI=1S/C16H18O2/c1-4-12-7-5-6-8-14(12)13-9-10-15(17-2)16(11-13)18-3/h5-11H,4H2,1-3H3. The summed E-state index contributed by atoms with van der Waals surface area (Å²) < 4.78 is 10.6. The van der Waals surface area contributed by atoms with Crippen molar-refractivity contribution in [3.05, 3.63) is 48.0 Å². The molecule has 2 heteroatoms. The topological polar surface area (TPSA) is 18.5 Å². The normalized spacial score (nSPS) is 10.2. The van der Waals surface area contributed by atoms with Crippen LogP contribution in [-0.2, 0) is 6.42 Å². The maximum Gasteiger partial charge on any atom is 0.161 e. The first-order chi connectivity index (χ1) is 8.80. The Labute approximate surface area is 108 Å². The molecule has 0 radical (unpaired) electrons. The quantitative estimate of drug-likeness (QED) is 0.808. The van der Waals surface area contributed by atoms with Crippen LogP contribution in [0.2, 0.25) is 0 Å². The lowest BCUT2D eigenvalue weighted by Gasteiger charge is -2.12. The van der Waals surface area contributed by atoms with Gasteiger partial charge in [-0.05, 0) is 35.2 Å². The Kier molecular flexibility index (Phi) is 3.88. The van der Waals surface area contributed by atoms with Crippen LogP contribution in [0.3, 0.4) is 0 Å². The summed E-state index contributed by atoms with van der Waals surface area (Å²) in [7, 11) is 3.31. The van der Waals surface area contributed by atoms with Crippen LogP contribution in [0.15, 0.2) is 42.5 Å². The van der Waals surface area contributed by atoms with Crippen molar-refractivity contribution < 1.29 is 9.47 Å². The van der Waals surface area contributed by atoms with Crippen molar-refractivity contribution in [1.82, 2.24) is 0 Å². The summed E-state index contributed by atoms with van der Waals surface area (Å²) in [6.07, 6.45) is 1.02. The molecular weight excluding hydrogens is 224 g/mol. The van der Waals surface area contributed by atoms with Gasteiger partial charge in [-0.1, -0.05) is 37.3 Å². The lowest BCUT2D eigenvalue weighted by molar-refractivity contribution is 0.355. The second-order valence-corrected chi connectivity index (χ2v) is 4.08. The van der Waals surface area contributed by atoms with Gasteiger partial charge in [0.05, 0.1) is 14.2 Å². The molecule has 0 N–H and O–H groups in total. The van der Waals surface area contributed by atoms with E-state index >= 15 is 0 Å². The van der Waals surface area contributed by atoms with Crippen LogP contribution in [0.4, 0.5) is 0 Å². The molecule has 0 amide bonds. The first-order valence-corrected chi connectivity index (χ1v) is 6.10. The van der Waals surface area contributed by atoms with Crippen molar-refractivity contribution in [3.8, 4) is 22.6 Å². The molecule has 18 heavy (non-hydrogen) atoms. The molecule has 2 aromatic rings. The fraction of sp³-hybridized carbons (Fsp3) is 0.250. The van der Waals surface area contributed by atoms with Crippen LogP contribution >= 0.6 is 0 Å². The van der Waals surface area contributed by atoms with Crippen molar-refractivity contribution in [2.45, 2.75) is 13.3 Å². The smallest absolute Gasteiger partial charge is 0.161 e. The second kappa shape index (κ2) is 5.58. The van der Waals surface area contributed by atoms with Crippen molar-refractivity contribution >= 4 is 0 Å². The van der Waals surface area contributed by atoms with E-state index in [9.17, 15) is 0 Å². The maximum atomic E-state index is 5.35. The van der Waals surface area contributed by atoms with E-state index in [1.807, 2.05) is 12.1 Å². The average molecular weight is 242 g/mol. The minimum absolute atomic E-state index is 0.759. The van der Waals surface area contributed by atoms with Crippen molar-refractivity contribution in [3.63, 3.8) is 0 Å². The molecule has 0 aliphatic rings. The van der Waals surface area contributed by atoms with Gasteiger partial charge in [-0.2, -0.15) is 0 Å². The fourth-order valence-electron chi connectivity index (χ4n) is 2.11. The predicted octanol–water partition coefficient (Wildman–Crippen LogP) is 3.93. The summed E-state index contributed by atoms with van der Waals surface area (Å²) >= 11 is 0. The zero-order valence-electron chi connectivity index (χ0n) is 11.1. The Morgan fingerprint density at radius 1 is 0.889 bits per heavy atom. The van der Waals surface area contributed by atoms with Gasteiger partial charge in [0, 0.05) is 0 Å². The van der Waals surface area contributed by atoms with Gasteiger partial charge in [0.1, 0.15) is 0 Å². The van der Waals surface area contributed by atoms with Crippen molar-refractivity contribution in [1.29, 1.82) is 0 Å². The molecule has 0 aromatic heterocycles. The minimum atomic E-state index is 0.759. The van der Waals surface area contributed by atoms with E-state index in [-0.39, 0.29) is 0 Å². The van der Waals surface area contributed by atoms with Gasteiger partial charge in [0.25, 0.3) is 0 Å². The second-order valence-electron chi connectivity index (χ2n) is 4.08. The minimum Gasteiger partial charge on any atom is -0.493 e. The first kappa shape index (κ1) is 12.5. The number of hydrogen-bond donors (Lipinski definition) is 0. The Morgan fingerprint density at radius 2 is 1.61 bits per heavy atom. The molecule has 0 atom stereocenters. The van der Waals surface area contributed by atoms with E-state index in [1.54, 1.807) is 14.2 Å². The van der Waals surface area contributed by atoms with E-state index < -0.39 is 0 Å². The third-order valence-corrected chi connectivity index (χ3v) is 3.09. The fourth-order valence-corrected chi connectivity index (χ4v) is 2.11. The summed E-state index contributed by atoms with van der Waals surface area (Å²) in [5, 5.41) is 0. The third-order valence-electron chi connectivity index (χ3n) is 3.09. The van der Waals surface area contributed by atoms with Crippen LogP contribution in [-0.4, -0.2) is 14.2 Å². The molecule has 2 rings (SSSR count). The molecule has 0 spiro atoms. The molecule has 0 saturated carbocycles. The number of hydrogen-bond acceptors (Lipinski definition) is 2. The average Bonchev–Trinajstić information content (AvgIpc) is 2.46. The zero-order chi connectivity index (χ0) is 13.0. The molecule has 0 aliphatic carbocycles. The Balaban J connectivity index is 2.51. The largest absolute Gasteiger partial charge is 0.493 e. The molecule has 0 heterocycles. The summed E-state index contributed by atoms with van der Waals surface area (Å²) in [6.45, 7) is 2.17. The SMILES string of the molecule is CCc1ccccc1-c1ccc(OC)c(OC)c1. The maximum absolute atomic E-state index is 5.35. The van der Waals surface area contributed by atoms with Gasteiger partial charge in [0.2, 0.25) is 0 Å². The monoisotopic (exact) mass is 242 g/mol. The molecule has 94 valence electrons. The van der Waals surface area contributed by atoms with Crippen LogP contribution in [0, 0.1) is 0 Å². The van der Waals surface area contributed by atoms with E-state index in [1.165, 1.54) is 11.1 Å².